The van der Waals surface area contributed by atoms with Crippen LogP contribution < -0.4 is 10.6 Å². The summed E-state index contributed by atoms with van der Waals surface area (Å²) in [6.07, 6.45) is -0.483. The molecule has 13 heteroatoms. The average molecular weight is 616 g/mol. The fourth-order valence-electron chi connectivity index (χ4n) is 4.68. The molecule has 0 spiro atoms. The highest BCUT2D eigenvalue weighted by Crippen LogP contribution is 2.32. The molecule has 4 rings (SSSR count). The molecular weight excluding hydrogens is 592 g/mol. The number of aromatic carboxylic acids is 1. The molecule has 0 radical (unpaired) electrons. The van der Waals surface area contributed by atoms with E-state index in [0.29, 0.717) is 11.1 Å². The molecule has 1 atom stereocenters. The van der Waals surface area contributed by atoms with Crippen molar-refractivity contribution < 1.29 is 36.7 Å². The second kappa shape index (κ2) is 11.5. The maximum absolute atomic E-state index is 15.0. The minimum atomic E-state index is -3.42. The van der Waals surface area contributed by atoms with Crippen molar-refractivity contribution in [2.75, 3.05) is 11.5 Å². The lowest BCUT2D eigenvalue weighted by Crippen LogP contribution is -2.61. The number of carboxylic acids is 1. The van der Waals surface area contributed by atoms with E-state index in [9.17, 15) is 33.2 Å². The highest BCUT2D eigenvalue weighted by atomic mass is 35.5. The van der Waals surface area contributed by atoms with E-state index in [2.05, 4.69) is 10.6 Å². The van der Waals surface area contributed by atoms with Crippen LogP contribution in [0.15, 0.2) is 60.7 Å². The van der Waals surface area contributed by atoms with Gasteiger partial charge in [0.15, 0.2) is 9.84 Å². The van der Waals surface area contributed by atoms with E-state index in [1.54, 1.807) is 0 Å². The first-order valence-electron chi connectivity index (χ1n) is 12.5. The summed E-state index contributed by atoms with van der Waals surface area (Å²) in [4.78, 5) is 38.4. The molecule has 1 aliphatic rings. The number of carbonyl (C=O) groups is 3. The summed E-state index contributed by atoms with van der Waals surface area (Å²) in [5.74, 6) is -6.18. The summed E-state index contributed by atoms with van der Waals surface area (Å²) < 4.78 is 53.9. The number of rotatable bonds is 7. The van der Waals surface area contributed by atoms with Gasteiger partial charge in [-0.25, -0.2) is 22.0 Å². The van der Waals surface area contributed by atoms with Crippen LogP contribution in [0.1, 0.15) is 46.0 Å². The first kappa shape index (κ1) is 30.6. The Bertz CT molecular complexity index is 1710. The van der Waals surface area contributed by atoms with Crippen LogP contribution in [0.2, 0.25) is 5.02 Å². The topological polar surface area (TPSA) is 153 Å². The lowest BCUT2D eigenvalue weighted by molar-refractivity contribution is -0.128. The third kappa shape index (κ3) is 6.12. The molecule has 42 heavy (non-hydrogen) atoms. The maximum atomic E-state index is 15.0. The second-order valence-electron chi connectivity index (χ2n) is 10.1. The van der Waals surface area contributed by atoms with Crippen LogP contribution in [0, 0.1) is 23.0 Å². The SMILES string of the molecule is C[C@@](NC(=O)c1ccc(-c2cc(C(=O)O)ccc2Cl)cc1)(C(=O)NC1(C#N)CCS(=O)(=O)CC1)c1c(F)cccc1F. The number of halogens is 3. The van der Waals surface area contributed by atoms with Crippen LogP contribution in [0.5, 0.6) is 0 Å². The third-order valence-electron chi connectivity index (χ3n) is 7.20. The number of hydrogen-bond acceptors (Lipinski definition) is 6. The van der Waals surface area contributed by atoms with Crippen LogP contribution in [-0.4, -0.2) is 48.4 Å². The first-order chi connectivity index (χ1) is 19.7. The average Bonchev–Trinajstić information content (AvgIpc) is 2.94. The van der Waals surface area contributed by atoms with E-state index in [1.807, 2.05) is 6.07 Å². The number of carbonyl (C=O) groups excluding carboxylic acids is 2. The number of nitriles is 1. The van der Waals surface area contributed by atoms with Gasteiger partial charge in [-0.1, -0.05) is 29.8 Å². The highest BCUT2D eigenvalue weighted by Gasteiger charge is 2.47. The van der Waals surface area contributed by atoms with Gasteiger partial charge in [-0.05, 0) is 67.8 Å². The molecule has 1 aliphatic heterocycles. The van der Waals surface area contributed by atoms with Gasteiger partial charge in [-0.15, -0.1) is 0 Å². The summed E-state index contributed by atoms with van der Waals surface area (Å²) in [5.41, 5.74) is -3.94. The Morgan fingerprint density at radius 3 is 2.12 bits per heavy atom. The maximum Gasteiger partial charge on any atom is 0.335 e. The molecule has 0 aromatic heterocycles. The molecule has 3 aromatic carbocycles. The Kier molecular flexibility index (Phi) is 8.39. The quantitative estimate of drug-likeness (QED) is 0.360. The molecule has 3 N–H and O–H groups in total. The molecule has 0 unspecified atom stereocenters. The molecular formula is C29H24ClF2N3O6S. The zero-order chi connectivity index (χ0) is 30.9. The van der Waals surface area contributed by atoms with Crippen LogP contribution >= 0.6 is 11.6 Å². The van der Waals surface area contributed by atoms with E-state index in [4.69, 9.17) is 11.6 Å². The van der Waals surface area contributed by atoms with Gasteiger partial charge in [0, 0.05) is 16.1 Å². The molecule has 0 bridgehead atoms. The third-order valence-corrected chi connectivity index (χ3v) is 9.18. The number of nitrogens with zero attached hydrogens (tertiary/aromatic N) is 1. The number of sulfone groups is 1. The van der Waals surface area contributed by atoms with E-state index >= 15 is 8.78 Å². The number of nitrogens with one attached hydrogen (secondary N) is 2. The second-order valence-corrected chi connectivity index (χ2v) is 12.8. The Labute approximate surface area is 245 Å². The van der Waals surface area contributed by atoms with Crippen molar-refractivity contribution in [1.82, 2.24) is 10.6 Å². The van der Waals surface area contributed by atoms with Crippen LogP contribution in [0.25, 0.3) is 11.1 Å². The van der Waals surface area contributed by atoms with Gasteiger partial charge in [0.2, 0.25) is 0 Å². The summed E-state index contributed by atoms with van der Waals surface area (Å²) in [6.45, 7) is 1.08. The fraction of sp³-hybridized carbons (Fsp3) is 0.241. The van der Waals surface area contributed by atoms with Crippen molar-refractivity contribution in [1.29, 1.82) is 5.26 Å². The predicted molar refractivity (Wildman–Crippen MR) is 149 cm³/mol. The minimum Gasteiger partial charge on any atom is -0.478 e. The molecule has 2 amide bonds. The first-order valence-corrected chi connectivity index (χ1v) is 14.7. The van der Waals surface area contributed by atoms with Gasteiger partial charge >= 0.3 is 5.97 Å². The Balaban J connectivity index is 1.68. The van der Waals surface area contributed by atoms with Gasteiger partial charge in [-0.2, -0.15) is 5.26 Å². The summed E-state index contributed by atoms with van der Waals surface area (Å²) in [7, 11) is -3.42. The summed E-state index contributed by atoms with van der Waals surface area (Å²) in [5, 5.41) is 24.2. The molecule has 3 aromatic rings. The van der Waals surface area contributed by atoms with Gasteiger partial charge in [0.25, 0.3) is 11.8 Å². The lowest BCUT2D eigenvalue weighted by atomic mass is 9.86. The summed E-state index contributed by atoms with van der Waals surface area (Å²) >= 11 is 6.23. The van der Waals surface area contributed by atoms with E-state index in [0.717, 1.165) is 25.1 Å². The van der Waals surface area contributed by atoms with Crippen molar-refractivity contribution in [2.24, 2.45) is 0 Å². The van der Waals surface area contributed by atoms with Crippen molar-refractivity contribution in [3.05, 3.63) is 94.0 Å². The number of hydrogen-bond donors (Lipinski definition) is 3. The lowest BCUT2D eigenvalue weighted by Gasteiger charge is -2.37. The molecule has 1 heterocycles. The Morgan fingerprint density at radius 1 is 1.00 bits per heavy atom. The number of benzene rings is 3. The van der Waals surface area contributed by atoms with Crippen molar-refractivity contribution >= 4 is 39.2 Å². The molecule has 0 aliphatic carbocycles. The molecule has 1 saturated heterocycles. The van der Waals surface area contributed by atoms with Crippen molar-refractivity contribution in [3.63, 3.8) is 0 Å². The van der Waals surface area contributed by atoms with Gasteiger partial charge in [0.1, 0.15) is 22.7 Å². The summed E-state index contributed by atoms with van der Waals surface area (Å²) in [6, 6.07) is 14.6. The normalized spacial score (nSPS) is 16.8. The van der Waals surface area contributed by atoms with Crippen molar-refractivity contribution in [3.8, 4) is 17.2 Å². The van der Waals surface area contributed by atoms with Gasteiger partial charge in [0.05, 0.1) is 28.7 Å². The molecule has 0 saturated carbocycles. The Hall–Kier alpha value is -4.34. The van der Waals surface area contributed by atoms with Gasteiger partial charge in [-0.3, -0.25) is 9.59 Å². The van der Waals surface area contributed by atoms with Gasteiger partial charge < -0.3 is 15.7 Å². The van der Waals surface area contributed by atoms with Crippen molar-refractivity contribution in [2.45, 2.75) is 30.8 Å². The largest absolute Gasteiger partial charge is 0.478 e. The standard InChI is InChI=1S/C29H24ClF2N3O6S/c1-28(24-22(31)3-2-4-23(24)32,27(39)35-29(16-33)11-13-42(40,41)14-12-29)34-25(36)18-7-5-17(6-8-18)20-15-19(26(37)38)9-10-21(20)30/h2-10,15H,11-14H2,1H3,(H,34,36)(H,35,39)(H,37,38)/t28-/m0/s1. The monoisotopic (exact) mass is 615 g/mol. The van der Waals surface area contributed by atoms with Crippen LogP contribution in [0.3, 0.4) is 0 Å². The smallest absolute Gasteiger partial charge is 0.335 e. The fourth-order valence-corrected chi connectivity index (χ4v) is 6.43. The van der Waals surface area contributed by atoms with E-state index in [-0.39, 0.29) is 40.5 Å². The zero-order valence-electron chi connectivity index (χ0n) is 22.1. The minimum absolute atomic E-state index is 0.00406. The predicted octanol–water partition coefficient (Wildman–Crippen LogP) is 4.22. The zero-order valence-corrected chi connectivity index (χ0v) is 23.7. The number of amides is 2. The highest BCUT2D eigenvalue weighted by molar-refractivity contribution is 7.91. The van der Waals surface area contributed by atoms with Crippen LogP contribution in [0.4, 0.5) is 8.78 Å². The van der Waals surface area contributed by atoms with E-state index < -0.39 is 55.9 Å². The molecule has 1 fully saturated rings. The van der Waals surface area contributed by atoms with E-state index in [1.165, 1.54) is 42.5 Å². The molecule has 218 valence electrons. The molecule has 9 nitrogen and oxygen atoms in total. The Morgan fingerprint density at radius 2 is 1.57 bits per heavy atom. The number of carboxylic acid groups (broad SMARTS) is 1. The van der Waals surface area contributed by atoms with Crippen LogP contribution in [-0.2, 0) is 20.2 Å².